The number of carbonyl (C=O) groups is 1. The number of rotatable bonds is 5. The lowest BCUT2D eigenvalue weighted by molar-refractivity contribution is -0.162. The largest absolute Gasteiger partial charge is 0.489 e. The monoisotopic (exact) mass is 380 g/mol. The SMILES string of the molecule is Cc1cc(C)c(OC[C@@H]2C[C@@H](O)CC(=O)O2)c(C(Cl)C2CCCCC2)c1. The van der Waals surface area contributed by atoms with Gasteiger partial charge in [-0.05, 0) is 38.2 Å². The Balaban J connectivity index is 1.76. The number of esters is 1. The molecule has 0 spiro atoms. The summed E-state index contributed by atoms with van der Waals surface area (Å²) in [4.78, 5) is 11.5. The molecule has 4 nitrogen and oxygen atoms in total. The molecule has 3 atom stereocenters. The fourth-order valence-electron chi connectivity index (χ4n) is 4.21. The van der Waals surface area contributed by atoms with Crippen molar-refractivity contribution in [3.8, 4) is 5.75 Å². The predicted octanol–water partition coefficient (Wildman–Crippen LogP) is 4.61. The molecule has 0 bridgehead atoms. The summed E-state index contributed by atoms with van der Waals surface area (Å²) in [6.07, 6.45) is 5.52. The highest BCUT2D eigenvalue weighted by Crippen LogP contribution is 2.43. The normalized spacial score (nSPS) is 25.6. The number of aliphatic hydroxyl groups excluding tert-OH is 1. The van der Waals surface area contributed by atoms with Crippen LogP contribution in [0.15, 0.2) is 12.1 Å². The van der Waals surface area contributed by atoms with Crippen molar-refractivity contribution in [1.82, 2.24) is 0 Å². The summed E-state index contributed by atoms with van der Waals surface area (Å²) in [6.45, 7) is 4.34. The van der Waals surface area contributed by atoms with E-state index in [0.717, 1.165) is 29.7 Å². The van der Waals surface area contributed by atoms with Gasteiger partial charge in [-0.15, -0.1) is 11.6 Å². The lowest BCUT2D eigenvalue weighted by atomic mass is 9.83. The first-order valence-corrected chi connectivity index (χ1v) is 10.1. The second-order valence-electron chi connectivity index (χ2n) is 7.82. The summed E-state index contributed by atoms with van der Waals surface area (Å²) in [7, 11) is 0. The number of cyclic esters (lactones) is 1. The van der Waals surface area contributed by atoms with Crippen molar-refractivity contribution in [2.75, 3.05) is 6.61 Å². The quantitative estimate of drug-likeness (QED) is 0.598. The zero-order valence-electron chi connectivity index (χ0n) is 15.7. The van der Waals surface area contributed by atoms with Crippen molar-refractivity contribution >= 4 is 17.6 Å². The maximum atomic E-state index is 11.5. The highest BCUT2D eigenvalue weighted by molar-refractivity contribution is 6.21. The van der Waals surface area contributed by atoms with Crippen LogP contribution in [0.2, 0.25) is 0 Å². The minimum Gasteiger partial charge on any atom is -0.489 e. The van der Waals surface area contributed by atoms with E-state index in [1.165, 1.54) is 24.8 Å². The summed E-state index contributed by atoms with van der Waals surface area (Å²) in [5.41, 5.74) is 3.26. The second-order valence-corrected chi connectivity index (χ2v) is 8.29. The van der Waals surface area contributed by atoms with Crippen LogP contribution in [-0.2, 0) is 9.53 Å². The molecule has 1 unspecified atom stereocenters. The van der Waals surface area contributed by atoms with Gasteiger partial charge in [-0.2, -0.15) is 0 Å². The number of benzene rings is 1. The van der Waals surface area contributed by atoms with Gasteiger partial charge in [0.25, 0.3) is 0 Å². The van der Waals surface area contributed by atoms with Crippen LogP contribution in [0.5, 0.6) is 5.75 Å². The highest BCUT2D eigenvalue weighted by atomic mass is 35.5. The van der Waals surface area contributed by atoms with E-state index in [4.69, 9.17) is 21.1 Å². The van der Waals surface area contributed by atoms with Crippen LogP contribution in [0.1, 0.15) is 67.0 Å². The Morgan fingerprint density at radius 1 is 1.27 bits per heavy atom. The van der Waals surface area contributed by atoms with Crippen LogP contribution in [0.3, 0.4) is 0 Å². The van der Waals surface area contributed by atoms with E-state index in [9.17, 15) is 9.90 Å². The molecule has 5 heteroatoms. The van der Waals surface area contributed by atoms with E-state index >= 15 is 0 Å². The number of alkyl halides is 1. The van der Waals surface area contributed by atoms with Crippen molar-refractivity contribution in [1.29, 1.82) is 0 Å². The molecule has 144 valence electrons. The predicted molar refractivity (Wildman–Crippen MR) is 102 cm³/mol. The van der Waals surface area contributed by atoms with E-state index in [1.807, 2.05) is 6.92 Å². The van der Waals surface area contributed by atoms with Gasteiger partial charge in [-0.25, -0.2) is 0 Å². The van der Waals surface area contributed by atoms with Crippen molar-refractivity contribution in [2.45, 2.75) is 76.4 Å². The van der Waals surface area contributed by atoms with Crippen molar-refractivity contribution < 1.29 is 19.4 Å². The molecule has 2 fully saturated rings. The Hall–Kier alpha value is -1.26. The molecule has 1 heterocycles. The molecule has 1 saturated heterocycles. The Labute approximate surface area is 160 Å². The van der Waals surface area contributed by atoms with Gasteiger partial charge in [0.15, 0.2) is 0 Å². The minimum atomic E-state index is -0.647. The molecule has 0 aromatic heterocycles. The number of hydrogen-bond acceptors (Lipinski definition) is 4. The zero-order chi connectivity index (χ0) is 18.7. The highest BCUT2D eigenvalue weighted by Gasteiger charge is 2.30. The summed E-state index contributed by atoms with van der Waals surface area (Å²) in [5.74, 6) is 0.913. The molecule has 1 aromatic carbocycles. The Morgan fingerprint density at radius 3 is 2.69 bits per heavy atom. The third kappa shape index (κ3) is 4.72. The van der Waals surface area contributed by atoms with Crippen molar-refractivity contribution in [3.05, 3.63) is 28.8 Å². The fraction of sp³-hybridized carbons (Fsp3) is 0.667. The van der Waals surface area contributed by atoms with E-state index in [2.05, 4.69) is 19.1 Å². The molecular formula is C21H29ClO4. The maximum absolute atomic E-state index is 11.5. The summed E-state index contributed by atoms with van der Waals surface area (Å²) < 4.78 is 11.4. The summed E-state index contributed by atoms with van der Waals surface area (Å²) >= 11 is 6.90. The van der Waals surface area contributed by atoms with Crippen LogP contribution in [0, 0.1) is 19.8 Å². The van der Waals surface area contributed by atoms with E-state index in [0.29, 0.717) is 12.3 Å². The van der Waals surface area contributed by atoms with Gasteiger partial charge in [-0.3, -0.25) is 4.79 Å². The molecule has 26 heavy (non-hydrogen) atoms. The van der Waals surface area contributed by atoms with Gasteiger partial charge >= 0.3 is 5.97 Å². The van der Waals surface area contributed by atoms with E-state index in [-0.39, 0.29) is 24.4 Å². The summed E-state index contributed by atoms with van der Waals surface area (Å²) in [5, 5.41) is 9.71. The molecule has 1 N–H and O–H groups in total. The van der Waals surface area contributed by atoms with Gasteiger partial charge < -0.3 is 14.6 Å². The van der Waals surface area contributed by atoms with Gasteiger partial charge in [0.2, 0.25) is 0 Å². The Morgan fingerprint density at radius 2 is 2.00 bits per heavy atom. The van der Waals surface area contributed by atoms with E-state index < -0.39 is 12.2 Å². The molecule has 1 saturated carbocycles. The first-order valence-electron chi connectivity index (χ1n) is 9.69. The average molecular weight is 381 g/mol. The van der Waals surface area contributed by atoms with Crippen LogP contribution in [0.4, 0.5) is 0 Å². The second kappa shape index (κ2) is 8.62. The maximum Gasteiger partial charge on any atom is 0.308 e. The minimum absolute atomic E-state index is 0.0662. The standard InChI is InChI=1S/C21H29ClO4/c1-13-8-14(2)21(25-12-17-10-16(23)11-19(24)26-17)18(9-13)20(22)15-6-4-3-5-7-15/h8-9,15-17,20,23H,3-7,10-12H2,1-2H3/t16-,17+,20?/m1/s1. The molecule has 0 amide bonds. The smallest absolute Gasteiger partial charge is 0.308 e. The number of carbonyl (C=O) groups excluding carboxylic acids is 1. The van der Waals surface area contributed by atoms with Gasteiger partial charge in [-0.1, -0.05) is 37.0 Å². The van der Waals surface area contributed by atoms with Gasteiger partial charge in [0.05, 0.1) is 17.9 Å². The number of ether oxygens (including phenoxy) is 2. The zero-order valence-corrected chi connectivity index (χ0v) is 16.4. The molecule has 1 aromatic rings. The van der Waals surface area contributed by atoms with Gasteiger partial charge in [0.1, 0.15) is 18.5 Å². The van der Waals surface area contributed by atoms with Crippen LogP contribution < -0.4 is 4.74 Å². The number of hydrogen-bond donors (Lipinski definition) is 1. The average Bonchev–Trinajstić information content (AvgIpc) is 2.59. The molecular weight excluding hydrogens is 352 g/mol. The fourth-order valence-corrected chi connectivity index (χ4v) is 4.62. The molecule has 2 aliphatic rings. The van der Waals surface area contributed by atoms with Crippen LogP contribution in [-0.4, -0.2) is 29.9 Å². The lowest BCUT2D eigenvalue weighted by Gasteiger charge is -2.30. The van der Waals surface area contributed by atoms with Crippen LogP contribution in [0.25, 0.3) is 0 Å². The van der Waals surface area contributed by atoms with Gasteiger partial charge in [0, 0.05) is 12.0 Å². The van der Waals surface area contributed by atoms with Crippen molar-refractivity contribution in [3.63, 3.8) is 0 Å². The topological polar surface area (TPSA) is 55.8 Å². The molecule has 1 aliphatic heterocycles. The number of halogens is 1. The number of aliphatic hydroxyl groups is 1. The molecule has 1 aliphatic carbocycles. The number of aryl methyl sites for hydroxylation is 2. The van der Waals surface area contributed by atoms with E-state index in [1.54, 1.807) is 0 Å². The van der Waals surface area contributed by atoms with Crippen LogP contribution >= 0.6 is 11.6 Å². The Kier molecular flexibility index (Phi) is 6.46. The lowest BCUT2D eigenvalue weighted by Crippen LogP contribution is -2.36. The third-order valence-corrected chi connectivity index (χ3v) is 6.05. The molecule has 0 radical (unpaired) electrons. The molecule has 3 rings (SSSR count). The first-order chi connectivity index (χ1) is 12.4. The first kappa shape index (κ1) is 19.5. The third-order valence-electron chi connectivity index (χ3n) is 5.46. The van der Waals surface area contributed by atoms with Crippen molar-refractivity contribution in [2.24, 2.45) is 5.92 Å². The summed E-state index contributed by atoms with van der Waals surface area (Å²) in [6, 6.07) is 4.21. The Bertz CT molecular complexity index is 639.